The molecule has 0 heterocycles. The van der Waals surface area contributed by atoms with Crippen molar-refractivity contribution >= 4 is 17.6 Å². The van der Waals surface area contributed by atoms with Crippen molar-refractivity contribution in [1.82, 2.24) is 5.32 Å². The van der Waals surface area contributed by atoms with Crippen LogP contribution in [-0.2, 0) is 4.79 Å². The summed E-state index contributed by atoms with van der Waals surface area (Å²) in [6, 6.07) is 3.92. The molecule has 0 radical (unpaired) electrons. The molecular weight excluding hydrogens is 276 g/mol. The minimum Gasteiger partial charge on any atom is -0.481 e. The van der Waals surface area contributed by atoms with E-state index in [4.69, 9.17) is 5.11 Å². The van der Waals surface area contributed by atoms with Gasteiger partial charge in [0.05, 0.1) is 10.8 Å². The van der Waals surface area contributed by atoms with Gasteiger partial charge in [-0.15, -0.1) is 0 Å². The lowest BCUT2D eigenvalue weighted by Crippen LogP contribution is -2.40. The summed E-state index contributed by atoms with van der Waals surface area (Å²) in [6.07, 6.45) is 1.80. The minimum absolute atomic E-state index is 0.00135. The molecule has 1 aliphatic rings. The van der Waals surface area contributed by atoms with Crippen LogP contribution in [-0.4, -0.2) is 27.9 Å². The molecule has 1 aromatic rings. The summed E-state index contributed by atoms with van der Waals surface area (Å²) in [5.41, 5.74) is 0.225. The number of nitro groups is 1. The first-order valence-corrected chi connectivity index (χ1v) is 6.69. The molecule has 2 atom stereocenters. The third-order valence-electron chi connectivity index (χ3n) is 3.82. The quantitative estimate of drug-likeness (QED) is 0.650. The Hall–Kier alpha value is -2.44. The number of nitrogens with one attached hydrogen (secondary N) is 1. The standard InChI is InChI=1S/C14H16N2O5/c1-8-4-2-7-11(16(20)21)12(8)13(17)15-10-6-3-5-9(10)14(18)19/h2,4,7,9-10H,3,5-6H2,1H3,(H,15,17)(H,18,19). The fourth-order valence-electron chi connectivity index (χ4n) is 2.77. The number of benzene rings is 1. The van der Waals surface area contributed by atoms with Crippen LogP contribution in [0, 0.1) is 23.0 Å². The molecule has 1 aliphatic carbocycles. The third-order valence-corrected chi connectivity index (χ3v) is 3.82. The van der Waals surface area contributed by atoms with Gasteiger partial charge in [-0.25, -0.2) is 0 Å². The lowest BCUT2D eigenvalue weighted by atomic mass is 10.0. The lowest BCUT2D eigenvalue weighted by Gasteiger charge is -2.18. The Morgan fingerprint density at radius 2 is 2.10 bits per heavy atom. The molecule has 2 rings (SSSR count). The predicted octanol–water partition coefficient (Wildman–Crippen LogP) is 1.89. The molecule has 0 aromatic heterocycles. The van der Waals surface area contributed by atoms with Gasteiger partial charge in [0.1, 0.15) is 5.56 Å². The number of amides is 1. The Bertz CT molecular complexity index is 599. The Kier molecular flexibility index (Phi) is 4.21. The Morgan fingerprint density at radius 1 is 1.38 bits per heavy atom. The van der Waals surface area contributed by atoms with Crippen molar-refractivity contribution in [3.63, 3.8) is 0 Å². The second-order valence-electron chi connectivity index (χ2n) is 5.18. The second-order valence-corrected chi connectivity index (χ2v) is 5.18. The topological polar surface area (TPSA) is 110 Å². The molecule has 112 valence electrons. The molecule has 21 heavy (non-hydrogen) atoms. The number of rotatable bonds is 4. The van der Waals surface area contributed by atoms with Gasteiger partial charge in [-0.05, 0) is 25.3 Å². The molecule has 7 heteroatoms. The summed E-state index contributed by atoms with van der Waals surface area (Å²) in [5, 5.41) is 22.8. The van der Waals surface area contributed by atoms with Crippen molar-refractivity contribution in [3.8, 4) is 0 Å². The van der Waals surface area contributed by atoms with E-state index in [1.165, 1.54) is 12.1 Å². The Morgan fingerprint density at radius 3 is 2.71 bits per heavy atom. The molecule has 2 N–H and O–H groups in total. The maximum absolute atomic E-state index is 12.3. The number of nitro benzene ring substituents is 1. The van der Waals surface area contributed by atoms with Crippen molar-refractivity contribution < 1.29 is 19.6 Å². The summed E-state index contributed by atoms with van der Waals surface area (Å²) >= 11 is 0. The van der Waals surface area contributed by atoms with E-state index in [0.29, 0.717) is 18.4 Å². The number of hydrogen-bond donors (Lipinski definition) is 2. The number of carboxylic acids is 1. The highest BCUT2D eigenvalue weighted by Crippen LogP contribution is 2.27. The Balaban J connectivity index is 2.25. The average molecular weight is 292 g/mol. The molecular formula is C14H16N2O5. The molecule has 1 fully saturated rings. The van der Waals surface area contributed by atoms with E-state index in [1.54, 1.807) is 13.0 Å². The highest BCUT2D eigenvalue weighted by molar-refractivity contribution is 6.00. The van der Waals surface area contributed by atoms with Gasteiger partial charge in [-0.3, -0.25) is 19.7 Å². The molecule has 1 amide bonds. The zero-order valence-electron chi connectivity index (χ0n) is 11.5. The molecule has 1 saturated carbocycles. The van der Waals surface area contributed by atoms with Gasteiger partial charge in [0, 0.05) is 12.1 Å². The van der Waals surface area contributed by atoms with E-state index < -0.39 is 28.8 Å². The maximum atomic E-state index is 12.3. The third kappa shape index (κ3) is 3.01. The van der Waals surface area contributed by atoms with Gasteiger partial charge < -0.3 is 10.4 Å². The van der Waals surface area contributed by atoms with Crippen molar-refractivity contribution in [3.05, 3.63) is 39.4 Å². The van der Waals surface area contributed by atoms with E-state index in [-0.39, 0.29) is 11.3 Å². The van der Waals surface area contributed by atoms with Crippen LogP contribution in [0.25, 0.3) is 0 Å². The van der Waals surface area contributed by atoms with E-state index >= 15 is 0 Å². The fraction of sp³-hybridized carbons (Fsp3) is 0.429. The molecule has 0 bridgehead atoms. The zero-order chi connectivity index (χ0) is 15.6. The smallest absolute Gasteiger partial charge is 0.308 e. The normalized spacial score (nSPS) is 21.0. The first-order chi connectivity index (χ1) is 9.91. The van der Waals surface area contributed by atoms with Gasteiger partial charge in [-0.1, -0.05) is 18.6 Å². The van der Waals surface area contributed by atoms with Crippen molar-refractivity contribution in [2.75, 3.05) is 0 Å². The minimum atomic E-state index is -0.947. The first kappa shape index (κ1) is 15.0. The maximum Gasteiger partial charge on any atom is 0.308 e. The first-order valence-electron chi connectivity index (χ1n) is 6.69. The molecule has 0 aliphatic heterocycles. The fourth-order valence-corrected chi connectivity index (χ4v) is 2.77. The van der Waals surface area contributed by atoms with Gasteiger partial charge in [0.2, 0.25) is 0 Å². The zero-order valence-corrected chi connectivity index (χ0v) is 11.5. The van der Waals surface area contributed by atoms with Gasteiger partial charge >= 0.3 is 5.97 Å². The van der Waals surface area contributed by atoms with Crippen LogP contribution in [0.1, 0.15) is 35.2 Å². The van der Waals surface area contributed by atoms with E-state index in [1.807, 2.05) is 0 Å². The lowest BCUT2D eigenvalue weighted by molar-refractivity contribution is -0.385. The van der Waals surface area contributed by atoms with Crippen LogP contribution < -0.4 is 5.32 Å². The highest BCUT2D eigenvalue weighted by Gasteiger charge is 2.35. The van der Waals surface area contributed by atoms with Crippen LogP contribution in [0.2, 0.25) is 0 Å². The molecule has 7 nitrogen and oxygen atoms in total. The van der Waals surface area contributed by atoms with Crippen LogP contribution >= 0.6 is 0 Å². The number of aryl methyl sites for hydroxylation is 1. The van der Waals surface area contributed by atoms with E-state index in [2.05, 4.69) is 5.32 Å². The van der Waals surface area contributed by atoms with E-state index in [9.17, 15) is 19.7 Å². The average Bonchev–Trinajstić information content (AvgIpc) is 2.86. The number of hydrogen-bond acceptors (Lipinski definition) is 4. The molecule has 0 saturated heterocycles. The number of carbonyl (C=O) groups is 2. The summed E-state index contributed by atoms with van der Waals surface area (Å²) in [6.45, 7) is 1.62. The number of aliphatic carboxylic acids is 1. The SMILES string of the molecule is Cc1cccc([N+](=O)[O-])c1C(=O)NC1CCCC1C(=O)O. The van der Waals surface area contributed by atoms with Gasteiger partial charge in [0.25, 0.3) is 11.6 Å². The van der Waals surface area contributed by atoms with E-state index in [0.717, 1.165) is 6.42 Å². The Labute approximate surface area is 121 Å². The largest absolute Gasteiger partial charge is 0.481 e. The van der Waals surface area contributed by atoms with Crippen LogP contribution in [0.5, 0.6) is 0 Å². The molecule has 1 aromatic carbocycles. The van der Waals surface area contributed by atoms with Gasteiger partial charge in [-0.2, -0.15) is 0 Å². The van der Waals surface area contributed by atoms with Crippen LogP contribution in [0.4, 0.5) is 5.69 Å². The molecule has 0 spiro atoms. The van der Waals surface area contributed by atoms with Gasteiger partial charge in [0.15, 0.2) is 0 Å². The van der Waals surface area contributed by atoms with Crippen molar-refractivity contribution in [2.24, 2.45) is 5.92 Å². The number of carboxylic acid groups (broad SMARTS) is 1. The number of carbonyl (C=O) groups excluding carboxylic acids is 1. The van der Waals surface area contributed by atoms with Crippen molar-refractivity contribution in [2.45, 2.75) is 32.2 Å². The van der Waals surface area contributed by atoms with Crippen LogP contribution in [0.3, 0.4) is 0 Å². The second kappa shape index (κ2) is 5.90. The monoisotopic (exact) mass is 292 g/mol. The van der Waals surface area contributed by atoms with Crippen LogP contribution in [0.15, 0.2) is 18.2 Å². The summed E-state index contributed by atoms with van der Waals surface area (Å²) in [7, 11) is 0. The molecule has 2 unspecified atom stereocenters. The summed E-state index contributed by atoms with van der Waals surface area (Å²) in [4.78, 5) is 33.8. The van der Waals surface area contributed by atoms with Crippen molar-refractivity contribution in [1.29, 1.82) is 0 Å². The summed E-state index contributed by atoms with van der Waals surface area (Å²) in [5.74, 6) is -2.16. The number of nitrogens with zero attached hydrogens (tertiary/aromatic N) is 1. The summed E-state index contributed by atoms with van der Waals surface area (Å²) < 4.78 is 0. The highest BCUT2D eigenvalue weighted by atomic mass is 16.6. The predicted molar refractivity (Wildman–Crippen MR) is 74.1 cm³/mol.